The van der Waals surface area contributed by atoms with Crippen molar-refractivity contribution in [1.29, 1.82) is 0 Å². The zero-order valence-corrected chi connectivity index (χ0v) is 10.7. The standard InChI is InChI=1S/C12H26N2O/c1-11-6-9-14(8-5-7-13-11)10-12(2,3)15-4/h11,13H,5-10H2,1-4H3. The molecule has 1 unspecified atom stereocenters. The topological polar surface area (TPSA) is 24.5 Å². The molecule has 0 amide bonds. The first-order valence-corrected chi connectivity index (χ1v) is 6.04. The summed E-state index contributed by atoms with van der Waals surface area (Å²) in [6.07, 6.45) is 2.48. The molecular weight excluding hydrogens is 188 g/mol. The number of nitrogens with one attached hydrogen (secondary N) is 1. The highest BCUT2D eigenvalue weighted by Gasteiger charge is 2.21. The molecule has 1 heterocycles. The Bertz CT molecular complexity index is 182. The van der Waals surface area contributed by atoms with Crippen LogP contribution in [-0.2, 0) is 4.74 Å². The second kappa shape index (κ2) is 5.83. The van der Waals surface area contributed by atoms with Crippen molar-refractivity contribution >= 4 is 0 Å². The molecule has 0 aliphatic carbocycles. The van der Waals surface area contributed by atoms with Crippen LogP contribution in [0.1, 0.15) is 33.6 Å². The molecule has 1 aliphatic rings. The number of hydrogen-bond acceptors (Lipinski definition) is 3. The van der Waals surface area contributed by atoms with Gasteiger partial charge in [-0.1, -0.05) is 0 Å². The Kier molecular flexibility index (Phi) is 5.03. The van der Waals surface area contributed by atoms with Crippen LogP contribution in [0.5, 0.6) is 0 Å². The van der Waals surface area contributed by atoms with Gasteiger partial charge >= 0.3 is 0 Å². The van der Waals surface area contributed by atoms with Gasteiger partial charge in [0.05, 0.1) is 5.60 Å². The lowest BCUT2D eigenvalue weighted by atomic mass is 10.1. The zero-order chi connectivity index (χ0) is 11.3. The maximum absolute atomic E-state index is 5.48. The summed E-state index contributed by atoms with van der Waals surface area (Å²) in [4.78, 5) is 2.53. The highest BCUT2D eigenvalue weighted by molar-refractivity contribution is 4.77. The Morgan fingerprint density at radius 2 is 2.13 bits per heavy atom. The van der Waals surface area contributed by atoms with E-state index in [4.69, 9.17) is 4.74 Å². The van der Waals surface area contributed by atoms with Crippen LogP contribution in [0.25, 0.3) is 0 Å². The van der Waals surface area contributed by atoms with Gasteiger partial charge < -0.3 is 15.0 Å². The van der Waals surface area contributed by atoms with Crippen LogP contribution in [0.4, 0.5) is 0 Å². The molecular formula is C12H26N2O. The van der Waals surface area contributed by atoms with Gasteiger partial charge in [-0.3, -0.25) is 0 Å². The molecule has 1 N–H and O–H groups in total. The Hall–Kier alpha value is -0.120. The summed E-state index contributed by atoms with van der Waals surface area (Å²) >= 11 is 0. The second-order valence-corrected chi connectivity index (χ2v) is 5.24. The summed E-state index contributed by atoms with van der Waals surface area (Å²) in [5, 5.41) is 3.52. The molecule has 1 atom stereocenters. The quantitative estimate of drug-likeness (QED) is 0.770. The van der Waals surface area contributed by atoms with Crippen LogP contribution < -0.4 is 5.32 Å². The Morgan fingerprint density at radius 1 is 1.40 bits per heavy atom. The van der Waals surface area contributed by atoms with Gasteiger partial charge in [-0.05, 0) is 53.2 Å². The minimum absolute atomic E-state index is 0.0180. The molecule has 0 spiro atoms. The van der Waals surface area contributed by atoms with Crippen molar-refractivity contribution in [2.45, 2.75) is 45.3 Å². The van der Waals surface area contributed by atoms with E-state index in [0.717, 1.165) is 13.1 Å². The predicted octanol–water partition coefficient (Wildman–Crippen LogP) is 1.49. The van der Waals surface area contributed by atoms with Gasteiger partial charge in [-0.15, -0.1) is 0 Å². The molecule has 0 bridgehead atoms. The van der Waals surface area contributed by atoms with E-state index in [1.54, 1.807) is 7.11 Å². The Balaban J connectivity index is 2.39. The van der Waals surface area contributed by atoms with Gasteiger partial charge in [0.2, 0.25) is 0 Å². The van der Waals surface area contributed by atoms with E-state index in [1.807, 2.05) is 0 Å². The SMILES string of the molecule is COC(C)(C)CN1CCCNC(C)CC1. The van der Waals surface area contributed by atoms with Crippen LogP contribution in [-0.4, -0.2) is 49.8 Å². The summed E-state index contributed by atoms with van der Waals surface area (Å²) in [5.41, 5.74) is -0.0180. The average molecular weight is 214 g/mol. The zero-order valence-electron chi connectivity index (χ0n) is 10.7. The number of methoxy groups -OCH3 is 1. The molecule has 0 aromatic carbocycles. The van der Waals surface area contributed by atoms with Gasteiger partial charge in [-0.2, -0.15) is 0 Å². The van der Waals surface area contributed by atoms with Crippen molar-refractivity contribution in [1.82, 2.24) is 10.2 Å². The molecule has 15 heavy (non-hydrogen) atoms. The maximum atomic E-state index is 5.48. The highest BCUT2D eigenvalue weighted by Crippen LogP contribution is 2.12. The van der Waals surface area contributed by atoms with E-state index in [1.165, 1.54) is 25.9 Å². The number of hydrogen-bond donors (Lipinski definition) is 1. The third-order valence-corrected chi connectivity index (χ3v) is 3.18. The van der Waals surface area contributed by atoms with Gasteiger partial charge in [0, 0.05) is 19.7 Å². The fraction of sp³-hybridized carbons (Fsp3) is 1.00. The van der Waals surface area contributed by atoms with Gasteiger partial charge in [0.15, 0.2) is 0 Å². The molecule has 1 fully saturated rings. The summed E-state index contributed by atoms with van der Waals surface area (Å²) < 4.78 is 5.48. The normalized spacial score (nSPS) is 26.0. The second-order valence-electron chi connectivity index (χ2n) is 5.24. The van der Waals surface area contributed by atoms with E-state index in [9.17, 15) is 0 Å². The van der Waals surface area contributed by atoms with Crippen molar-refractivity contribution < 1.29 is 4.74 Å². The van der Waals surface area contributed by atoms with E-state index < -0.39 is 0 Å². The van der Waals surface area contributed by atoms with Crippen molar-refractivity contribution in [2.75, 3.05) is 33.3 Å². The number of ether oxygens (including phenoxy) is 1. The van der Waals surface area contributed by atoms with Gasteiger partial charge in [-0.25, -0.2) is 0 Å². The van der Waals surface area contributed by atoms with Crippen molar-refractivity contribution in [3.05, 3.63) is 0 Å². The summed E-state index contributed by atoms with van der Waals surface area (Å²) in [7, 11) is 1.80. The fourth-order valence-corrected chi connectivity index (χ4v) is 2.00. The molecule has 3 heteroatoms. The van der Waals surface area contributed by atoms with Crippen LogP contribution in [0.2, 0.25) is 0 Å². The van der Waals surface area contributed by atoms with Crippen LogP contribution in [0.15, 0.2) is 0 Å². The maximum Gasteiger partial charge on any atom is 0.0749 e. The molecule has 0 aromatic rings. The van der Waals surface area contributed by atoms with E-state index in [-0.39, 0.29) is 5.60 Å². The molecule has 1 rings (SSSR count). The molecule has 0 radical (unpaired) electrons. The molecule has 0 aromatic heterocycles. The lowest BCUT2D eigenvalue weighted by Gasteiger charge is -2.34. The van der Waals surface area contributed by atoms with Crippen LogP contribution >= 0.6 is 0 Å². The first kappa shape index (κ1) is 12.9. The lowest BCUT2D eigenvalue weighted by Crippen LogP contribution is -2.45. The van der Waals surface area contributed by atoms with E-state index in [0.29, 0.717) is 6.04 Å². The summed E-state index contributed by atoms with van der Waals surface area (Å²) in [6, 6.07) is 0.651. The van der Waals surface area contributed by atoms with Crippen molar-refractivity contribution in [3.8, 4) is 0 Å². The number of rotatable bonds is 3. The lowest BCUT2D eigenvalue weighted by molar-refractivity contribution is -0.00933. The predicted molar refractivity (Wildman–Crippen MR) is 64.2 cm³/mol. The van der Waals surface area contributed by atoms with Crippen LogP contribution in [0.3, 0.4) is 0 Å². The fourth-order valence-electron chi connectivity index (χ4n) is 2.00. The number of nitrogens with zero attached hydrogens (tertiary/aromatic N) is 1. The Labute approximate surface area is 94.2 Å². The largest absolute Gasteiger partial charge is 0.377 e. The molecule has 0 saturated carbocycles. The third-order valence-electron chi connectivity index (χ3n) is 3.18. The molecule has 3 nitrogen and oxygen atoms in total. The first-order valence-electron chi connectivity index (χ1n) is 6.04. The first-order chi connectivity index (χ1) is 7.03. The van der Waals surface area contributed by atoms with Crippen molar-refractivity contribution in [2.24, 2.45) is 0 Å². The van der Waals surface area contributed by atoms with E-state index in [2.05, 4.69) is 31.0 Å². The minimum Gasteiger partial charge on any atom is -0.377 e. The highest BCUT2D eigenvalue weighted by atomic mass is 16.5. The minimum atomic E-state index is -0.0180. The smallest absolute Gasteiger partial charge is 0.0749 e. The molecule has 1 saturated heterocycles. The monoisotopic (exact) mass is 214 g/mol. The summed E-state index contributed by atoms with van der Waals surface area (Å²) in [5.74, 6) is 0. The average Bonchev–Trinajstić information content (AvgIpc) is 2.17. The Morgan fingerprint density at radius 3 is 2.80 bits per heavy atom. The molecule has 1 aliphatic heterocycles. The summed E-state index contributed by atoms with van der Waals surface area (Å²) in [6.45, 7) is 11.1. The third kappa shape index (κ3) is 4.96. The van der Waals surface area contributed by atoms with Gasteiger partial charge in [0.25, 0.3) is 0 Å². The van der Waals surface area contributed by atoms with E-state index >= 15 is 0 Å². The van der Waals surface area contributed by atoms with Crippen LogP contribution in [0, 0.1) is 0 Å². The molecule has 90 valence electrons. The van der Waals surface area contributed by atoms with Crippen molar-refractivity contribution in [3.63, 3.8) is 0 Å². The van der Waals surface area contributed by atoms with Gasteiger partial charge in [0.1, 0.15) is 0 Å².